The van der Waals surface area contributed by atoms with Crippen molar-refractivity contribution in [1.29, 1.82) is 0 Å². The van der Waals surface area contributed by atoms with Crippen molar-refractivity contribution in [3.05, 3.63) is 35.4 Å². The fraction of sp³-hybridized carbons (Fsp3) is 0.429. The molecule has 2 aromatic rings. The third kappa shape index (κ3) is 2.97. The third-order valence-corrected chi connectivity index (χ3v) is 4.75. The second-order valence-corrected chi connectivity index (χ2v) is 6.97. The summed E-state index contributed by atoms with van der Waals surface area (Å²) in [5.74, 6) is 1.57. The minimum absolute atomic E-state index is 0.143. The maximum Gasteiger partial charge on any atom is 0.238 e. The molecule has 1 aliphatic rings. The molecule has 0 bridgehead atoms. The molecule has 0 saturated heterocycles. The normalized spacial score (nSPS) is 14.9. The van der Waals surface area contributed by atoms with Gasteiger partial charge in [0.2, 0.25) is 10.0 Å². The van der Waals surface area contributed by atoms with E-state index in [1.807, 2.05) is 13.0 Å². The maximum absolute atomic E-state index is 11.6. The van der Waals surface area contributed by atoms with Crippen molar-refractivity contribution in [3.63, 3.8) is 0 Å². The number of H-pyrrole nitrogens is 1. The van der Waals surface area contributed by atoms with Crippen LogP contribution in [0.5, 0.6) is 0 Å². The number of nitrogens with zero attached hydrogens (tertiary/aromatic N) is 3. The number of aryl methyl sites for hydroxylation is 2. The standard InChI is InChI=1S/C14H19N5O2S/c1-2-13-16-14(18-17-13)9-19-7-3-4-10-5-6-11(8-12(10)19)22(15,20)21/h5-6,8H,2-4,7,9H2,1H3,(H2,15,20,21)(H,16,17,18). The Labute approximate surface area is 129 Å². The molecule has 7 nitrogen and oxygen atoms in total. The highest BCUT2D eigenvalue weighted by Crippen LogP contribution is 2.30. The maximum atomic E-state index is 11.6. The van der Waals surface area contributed by atoms with E-state index in [0.29, 0.717) is 6.54 Å². The van der Waals surface area contributed by atoms with E-state index in [2.05, 4.69) is 20.1 Å². The average Bonchev–Trinajstić information content (AvgIpc) is 2.94. The van der Waals surface area contributed by atoms with Crippen LogP contribution >= 0.6 is 0 Å². The summed E-state index contributed by atoms with van der Waals surface area (Å²) >= 11 is 0. The molecule has 0 radical (unpaired) electrons. The van der Waals surface area contributed by atoms with Crippen molar-refractivity contribution in [2.75, 3.05) is 11.4 Å². The summed E-state index contributed by atoms with van der Waals surface area (Å²) in [6, 6.07) is 5.07. The largest absolute Gasteiger partial charge is 0.364 e. The summed E-state index contributed by atoms with van der Waals surface area (Å²) < 4.78 is 23.1. The topological polar surface area (TPSA) is 105 Å². The molecule has 0 aliphatic carbocycles. The quantitative estimate of drug-likeness (QED) is 0.873. The highest BCUT2D eigenvalue weighted by atomic mass is 32.2. The number of hydrogen-bond acceptors (Lipinski definition) is 5. The lowest BCUT2D eigenvalue weighted by molar-refractivity contribution is 0.597. The molecule has 0 amide bonds. The summed E-state index contributed by atoms with van der Waals surface area (Å²) in [5, 5.41) is 12.3. The number of sulfonamides is 1. The number of primary sulfonamides is 1. The van der Waals surface area contributed by atoms with Gasteiger partial charge in [0.25, 0.3) is 0 Å². The van der Waals surface area contributed by atoms with E-state index in [1.165, 1.54) is 0 Å². The SMILES string of the molecule is CCc1n[nH]c(CN2CCCc3ccc(S(N)(=O)=O)cc32)n1. The molecular weight excluding hydrogens is 302 g/mol. The molecule has 22 heavy (non-hydrogen) atoms. The van der Waals surface area contributed by atoms with Gasteiger partial charge >= 0.3 is 0 Å². The molecule has 3 rings (SSSR count). The van der Waals surface area contributed by atoms with E-state index < -0.39 is 10.0 Å². The van der Waals surface area contributed by atoms with Crippen LogP contribution in [0.2, 0.25) is 0 Å². The van der Waals surface area contributed by atoms with E-state index in [-0.39, 0.29) is 4.90 Å². The van der Waals surface area contributed by atoms with Crippen molar-refractivity contribution in [3.8, 4) is 0 Å². The summed E-state index contributed by atoms with van der Waals surface area (Å²) in [6.45, 7) is 3.43. The molecular formula is C14H19N5O2S. The fourth-order valence-corrected chi connectivity index (χ4v) is 3.25. The lowest BCUT2D eigenvalue weighted by Gasteiger charge is -2.30. The van der Waals surface area contributed by atoms with Crippen LogP contribution in [-0.4, -0.2) is 30.1 Å². The van der Waals surface area contributed by atoms with Crippen molar-refractivity contribution < 1.29 is 8.42 Å². The van der Waals surface area contributed by atoms with Crippen LogP contribution in [0.3, 0.4) is 0 Å². The van der Waals surface area contributed by atoms with Crippen LogP contribution in [0.15, 0.2) is 23.1 Å². The minimum Gasteiger partial charge on any atom is -0.364 e. The number of nitrogens with one attached hydrogen (secondary N) is 1. The Morgan fingerprint density at radius 2 is 2.23 bits per heavy atom. The van der Waals surface area contributed by atoms with Gasteiger partial charge < -0.3 is 4.90 Å². The molecule has 0 fully saturated rings. The highest BCUT2D eigenvalue weighted by Gasteiger charge is 2.20. The number of fused-ring (bicyclic) bond motifs is 1. The van der Waals surface area contributed by atoms with Crippen LogP contribution in [0.1, 0.15) is 30.6 Å². The van der Waals surface area contributed by atoms with E-state index in [0.717, 1.165) is 48.7 Å². The zero-order chi connectivity index (χ0) is 15.7. The minimum atomic E-state index is -3.69. The number of nitrogens with two attached hydrogens (primary N) is 1. The van der Waals surface area contributed by atoms with Gasteiger partial charge in [0.05, 0.1) is 11.4 Å². The molecule has 0 spiro atoms. The first kappa shape index (κ1) is 15.0. The zero-order valence-corrected chi connectivity index (χ0v) is 13.2. The number of rotatable bonds is 4. The Morgan fingerprint density at radius 1 is 1.41 bits per heavy atom. The summed E-state index contributed by atoms with van der Waals surface area (Å²) in [5.41, 5.74) is 2.04. The van der Waals surface area contributed by atoms with Gasteiger partial charge in [-0.3, -0.25) is 5.10 Å². The van der Waals surface area contributed by atoms with Crippen molar-refractivity contribution in [2.24, 2.45) is 5.14 Å². The first-order valence-corrected chi connectivity index (χ1v) is 8.83. The van der Waals surface area contributed by atoms with E-state index in [1.54, 1.807) is 12.1 Å². The summed E-state index contributed by atoms with van der Waals surface area (Å²) in [4.78, 5) is 6.68. The monoisotopic (exact) mass is 321 g/mol. The van der Waals surface area contributed by atoms with Gasteiger partial charge in [0.15, 0.2) is 5.82 Å². The first-order valence-electron chi connectivity index (χ1n) is 7.28. The Kier molecular flexibility index (Phi) is 3.88. The van der Waals surface area contributed by atoms with E-state index in [4.69, 9.17) is 5.14 Å². The predicted octanol–water partition coefficient (Wildman–Crippen LogP) is 0.967. The van der Waals surface area contributed by atoms with Gasteiger partial charge in [-0.05, 0) is 30.5 Å². The average molecular weight is 321 g/mol. The molecule has 0 unspecified atom stereocenters. The van der Waals surface area contributed by atoms with Gasteiger partial charge in [-0.25, -0.2) is 18.5 Å². The molecule has 1 aromatic carbocycles. The third-order valence-electron chi connectivity index (χ3n) is 3.84. The van der Waals surface area contributed by atoms with Gasteiger partial charge in [0.1, 0.15) is 5.82 Å². The molecule has 0 saturated carbocycles. The number of aromatic nitrogens is 3. The van der Waals surface area contributed by atoms with Gasteiger partial charge in [0, 0.05) is 18.7 Å². The van der Waals surface area contributed by atoms with Gasteiger partial charge in [-0.15, -0.1) is 0 Å². The predicted molar refractivity (Wildman–Crippen MR) is 82.9 cm³/mol. The molecule has 8 heteroatoms. The second kappa shape index (κ2) is 5.69. The van der Waals surface area contributed by atoms with Crippen LogP contribution in [0.4, 0.5) is 5.69 Å². The number of anilines is 1. The molecule has 1 aliphatic heterocycles. The summed E-state index contributed by atoms with van der Waals surface area (Å²) in [6.07, 6.45) is 2.74. The number of aromatic amines is 1. The number of benzene rings is 1. The smallest absolute Gasteiger partial charge is 0.238 e. The Hall–Kier alpha value is -1.93. The van der Waals surface area contributed by atoms with Gasteiger partial charge in [-0.2, -0.15) is 5.10 Å². The van der Waals surface area contributed by atoms with Crippen LogP contribution in [0.25, 0.3) is 0 Å². The lowest BCUT2D eigenvalue weighted by Crippen LogP contribution is -2.29. The van der Waals surface area contributed by atoms with Crippen LogP contribution < -0.4 is 10.0 Å². The highest BCUT2D eigenvalue weighted by molar-refractivity contribution is 7.89. The molecule has 2 heterocycles. The Bertz CT molecular complexity index is 784. The summed E-state index contributed by atoms with van der Waals surface area (Å²) in [7, 11) is -3.69. The van der Waals surface area contributed by atoms with Gasteiger partial charge in [-0.1, -0.05) is 13.0 Å². The molecule has 118 valence electrons. The first-order chi connectivity index (χ1) is 10.5. The van der Waals surface area contributed by atoms with E-state index >= 15 is 0 Å². The number of hydrogen-bond donors (Lipinski definition) is 2. The van der Waals surface area contributed by atoms with Crippen molar-refractivity contribution in [1.82, 2.24) is 15.2 Å². The second-order valence-electron chi connectivity index (χ2n) is 5.41. The van der Waals surface area contributed by atoms with Crippen LogP contribution in [-0.2, 0) is 29.4 Å². The Balaban J connectivity index is 1.92. The lowest BCUT2D eigenvalue weighted by atomic mass is 10.0. The molecule has 3 N–H and O–H groups in total. The molecule has 1 aromatic heterocycles. The fourth-order valence-electron chi connectivity index (χ4n) is 2.72. The van der Waals surface area contributed by atoms with E-state index in [9.17, 15) is 8.42 Å². The zero-order valence-electron chi connectivity index (χ0n) is 12.4. The van der Waals surface area contributed by atoms with Crippen molar-refractivity contribution >= 4 is 15.7 Å². The van der Waals surface area contributed by atoms with Crippen molar-refractivity contribution in [2.45, 2.75) is 37.6 Å². The van der Waals surface area contributed by atoms with Crippen LogP contribution in [0, 0.1) is 0 Å². The Morgan fingerprint density at radius 3 is 2.91 bits per heavy atom. The molecule has 0 atom stereocenters.